The van der Waals surface area contributed by atoms with Crippen LogP contribution >= 0.6 is 0 Å². The van der Waals surface area contributed by atoms with Gasteiger partial charge in [0.05, 0.1) is 0 Å². The fourth-order valence-corrected chi connectivity index (χ4v) is 8.12. The topological polar surface area (TPSA) is 46.3 Å². The van der Waals surface area contributed by atoms with Crippen LogP contribution in [0.15, 0.2) is 30.3 Å². The van der Waals surface area contributed by atoms with Gasteiger partial charge in [-0.1, -0.05) is 70.9 Å². The molecule has 176 valence electrons. The summed E-state index contributed by atoms with van der Waals surface area (Å²) in [5.41, 5.74) is 7.76. The fraction of sp³-hybridized carbons (Fsp3) is 0.759. The van der Waals surface area contributed by atoms with Gasteiger partial charge in [-0.3, -0.25) is 4.79 Å². The lowest BCUT2D eigenvalue weighted by atomic mass is 9.47. The largest absolute Gasteiger partial charge is 0.342 e. The number of likely N-dealkylation sites (tertiary alicyclic amines) is 1. The van der Waals surface area contributed by atoms with Gasteiger partial charge in [0, 0.05) is 24.5 Å². The third-order valence-electron chi connectivity index (χ3n) is 9.95. The van der Waals surface area contributed by atoms with Crippen LogP contribution in [0.3, 0.4) is 0 Å². The van der Waals surface area contributed by atoms with Crippen molar-refractivity contribution in [3.8, 4) is 0 Å². The zero-order valence-electron chi connectivity index (χ0n) is 20.8. The van der Waals surface area contributed by atoms with Crippen molar-refractivity contribution in [1.82, 2.24) is 4.90 Å². The predicted molar refractivity (Wildman–Crippen MR) is 131 cm³/mol. The minimum absolute atomic E-state index is 0.00501. The van der Waals surface area contributed by atoms with Crippen molar-refractivity contribution in [1.29, 1.82) is 0 Å². The van der Waals surface area contributed by atoms with E-state index in [9.17, 15) is 4.79 Å². The number of piperidine rings is 1. The summed E-state index contributed by atoms with van der Waals surface area (Å²) in [5.74, 6) is 3.57. The number of nitrogens with zero attached hydrogens (tertiary/aromatic N) is 1. The van der Waals surface area contributed by atoms with Gasteiger partial charge in [-0.25, -0.2) is 0 Å². The number of carbonyl (C=O) groups is 1. The first-order valence-electron chi connectivity index (χ1n) is 13.2. The molecule has 1 aliphatic heterocycles. The van der Waals surface area contributed by atoms with Crippen LogP contribution in [-0.2, 0) is 10.2 Å². The van der Waals surface area contributed by atoms with Crippen molar-refractivity contribution in [2.24, 2.45) is 40.2 Å². The lowest BCUT2D eigenvalue weighted by Crippen LogP contribution is -2.59. The van der Waals surface area contributed by atoms with Gasteiger partial charge < -0.3 is 10.6 Å². The van der Waals surface area contributed by atoms with E-state index in [0.717, 1.165) is 50.1 Å². The first kappa shape index (κ1) is 22.4. The van der Waals surface area contributed by atoms with Crippen molar-refractivity contribution in [3.05, 3.63) is 35.9 Å². The summed E-state index contributed by atoms with van der Waals surface area (Å²) in [6.45, 7) is 10.9. The lowest BCUT2D eigenvalue weighted by Gasteiger charge is -2.58. The number of rotatable bonds is 4. The Bertz CT molecular complexity index is 842. The van der Waals surface area contributed by atoms with Crippen molar-refractivity contribution in [3.63, 3.8) is 0 Å². The van der Waals surface area contributed by atoms with Gasteiger partial charge in [-0.15, -0.1) is 0 Å². The second-order valence-corrected chi connectivity index (χ2v) is 13.2. The molecule has 2 N–H and O–H groups in total. The van der Waals surface area contributed by atoms with Gasteiger partial charge in [-0.2, -0.15) is 0 Å². The van der Waals surface area contributed by atoms with E-state index in [1.54, 1.807) is 0 Å². The van der Waals surface area contributed by atoms with E-state index >= 15 is 0 Å². The van der Waals surface area contributed by atoms with E-state index < -0.39 is 0 Å². The molecule has 1 amide bonds. The minimum Gasteiger partial charge on any atom is -0.342 e. The van der Waals surface area contributed by atoms with Gasteiger partial charge in [0.25, 0.3) is 0 Å². The molecule has 3 aliphatic carbocycles. The third-order valence-corrected chi connectivity index (χ3v) is 9.95. The van der Waals surface area contributed by atoms with Crippen LogP contribution in [0.4, 0.5) is 0 Å². The Balaban J connectivity index is 1.47. The van der Waals surface area contributed by atoms with Crippen LogP contribution in [-0.4, -0.2) is 29.9 Å². The molecule has 2 bridgehead atoms. The molecule has 6 unspecified atom stereocenters. The van der Waals surface area contributed by atoms with Gasteiger partial charge in [0.2, 0.25) is 5.91 Å². The van der Waals surface area contributed by atoms with E-state index in [1.807, 2.05) is 0 Å². The quantitative estimate of drug-likeness (QED) is 0.651. The van der Waals surface area contributed by atoms with Gasteiger partial charge in [-0.05, 0) is 78.6 Å². The Morgan fingerprint density at radius 1 is 1.06 bits per heavy atom. The molecule has 3 heteroatoms. The Kier molecular flexibility index (Phi) is 5.51. The first-order valence-corrected chi connectivity index (χ1v) is 13.2. The molecule has 5 rings (SSSR count). The van der Waals surface area contributed by atoms with Crippen LogP contribution in [0.5, 0.6) is 0 Å². The normalized spacial score (nSPS) is 41.3. The Morgan fingerprint density at radius 3 is 2.44 bits per heavy atom. The van der Waals surface area contributed by atoms with Crippen LogP contribution in [0.2, 0.25) is 0 Å². The lowest BCUT2D eigenvalue weighted by molar-refractivity contribution is -0.153. The maximum atomic E-state index is 14.2. The summed E-state index contributed by atoms with van der Waals surface area (Å²) in [7, 11) is 0. The van der Waals surface area contributed by atoms with E-state index in [1.165, 1.54) is 37.7 Å². The standard InChI is InChI=1S/C29H44N2O/c1-20-15-29(23-8-6-5-7-9-23)17-22(24(20)14-21-10-11-21)16-28(4,18-29)26(32)31-13-12-25(30)27(2,3)19-31/h5-9,20-22,24-25H,10-19,30H2,1-4H3. The maximum Gasteiger partial charge on any atom is 0.228 e. The van der Waals surface area contributed by atoms with Crippen LogP contribution < -0.4 is 5.73 Å². The van der Waals surface area contributed by atoms with Crippen molar-refractivity contribution in [2.75, 3.05) is 13.1 Å². The number of benzene rings is 1. The van der Waals surface area contributed by atoms with Gasteiger partial charge in [0.15, 0.2) is 0 Å². The Labute approximate surface area is 195 Å². The average molecular weight is 437 g/mol. The number of hydrogen-bond donors (Lipinski definition) is 1. The Morgan fingerprint density at radius 2 is 1.78 bits per heavy atom. The molecule has 0 aromatic heterocycles. The van der Waals surface area contributed by atoms with Crippen molar-refractivity contribution >= 4 is 5.91 Å². The maximum absolute atomic E-state index is 14.2. The smallest absolute Gasteiger partial charge is 0.228 e. The molecule has 3 nitrogen and oxygen atoms in total. The van der Waals surface area contributed by atoms with E-state index in [2.05, 4.69) is 62.9 Å². The zero-order valence-corrected chi connectivity index (χ0v) is 20.8. The molecular formula is C29H44N2O. The first-order chi connectivity index (χ1) is 15.1. The zero-order chi connectivity index (χ0) is 22.7. The van der Waals surface area contributed by atoms with Crippen molar-refractivity contribution < 1.29 is 4.79 Å². The molecule has 1 aromatic rings. The molecule has 32 heavy (non-hydrogen) atoms. The summed E-state index contributed by atoms with van der Waals surface area (Å²) in [4.78, 5) is 16.4. The number of amides is 1. The molecule has 4 fully saturated rings. The molecule has 6 atom stereocenters. The van der Waals surface area contributed by atoms with Crippen LogP contribution in [0, 0.1) is 34.5 Å². The summed E-state index contributed by atoms with van der Waals surface area (Å²) < 4.78 is 0. The highest BCUT2D eigenvalue weighted by Gasteiger charge is 2.57. The van der Waals surface area contributed by atoms with E-state index in [-0.39, 0.29) is 22.3 Å². The second-order valence-electron chi connectivity index (χ2n) is 13.2. The molecule has 0 radical (unpaired) electrons. The van der Waals surface area contributed by atoms with Gasteiger partial charge >= 0.3 is 0 Å². The highest BCUT2D eigenvalue weighted by Crippen LogP contribution is 2.62. The Hall–Kier alpha value is -1.35. The molecule has 1 heterocycles. The number of carbonyl (C=O) groups excluding carboxylic acids is 1. The summed E-state index contributed by atoms with van der Waals surface area (Å²) >= 11 is 0. The molecule has 4 aliphatic rings. The summed E-state index contributed by atoms with van der Waals surface area (Å²) in [6.07, 6.45) is 9.77. The molecule has 3 saturated carbocycles. The fourth-order valence-electron chi connectivity index (χ4n) is 8.12. The monoisotopic (exact) mass is 436 g/mol. The summed E-state index contributed by atoms with van der Waals surface area (Å²) in [6, 6.07) is 11.4. The average Bonchev–Trinajstić information content (AvgIpc) is 3.57. The minimum atomic E-state index is -0.266. The highest BCUT2D eigenvalue weighted by molar-refractivity contribution is 5.83. The van der Waals surface area contributed by atoms with Crippen LogP contribution in [0.1, 0.15) is 84.6 Å². The molecule has 0 spiro atoms. The molecular weight excluding hydrogens is 392 g/mol. The van der Waals surface area contributed by atoms with E-state index in [4.69, 9.17) is 5.73 Å². The summed E-state index contributed by atoms with van der Waals surface area (Å²) in [5, 5.41) is 0. The number of fused-ring (bicyclic) bond motifs is 2. The predicted octanol–water partition coefficient (Wildman–Crippen LogP) is 5.77. The van der Waals surface area contributed by atoms with E-state index in [0.29, 0.717) is 11.8 Å². The SMILES string of the molecule is CC1CC2(c3ccccc3)CC(CC(C)(C(=O)N3CCC(N)C(C)(C)C3)C2)C1CC1CC1. The number of hydrogen-bond acceptors (Lipinski definition) is 2. The molecule has 1 saturated heterocycles. The highest BCUT2D eigenvalue weighted by atomic mass is 16.2. The molecule has 1 aromatic carbocycles. The van der Waals surface area contributed by atoms with Crippen molar-refractivity contribution in [2.45, 2.75) is 90.5 Å². The van der Waals surface area contributed by atoms with Crippen LogP contribution in [0.25, 0.3) is 0 Å². The van der Waals surface area contributed by atoms with Gasteiger partial charge in [0.1, 0.15) is 0 Å². The third kappa shape index (κ3) is 3.93. The number of nitrogens with two attached hydrogens (primary N) is 1. The second kappa shape index (κ2) is 7.86.